The molecule has 0 unspecified atom stereocenters. The van der Waals surface area contributed by atoms with Crippen LogP contribution >= 0.6 is 34.5 Å². The van der Waals surface area contributed by atoms with Crippen LogP contribution in [0.25, 0.3) is 0 Å². The van der Waals surface area contributed by atoms with Crippen LogP contribution < -0.4 is 5.32 Å². The first kappa shape index (κ1) is 13.8. The van der Waals surface area contributed by atoms with Gasteiger partial charge in [-0.3, -0.25) is 0 Å². The fourth-order valence-electron chi connectivity index (χ4n) is 1.63. The summed E-state index contributed by atoms with van der Waals surface area (Å²) < 4.78 is 0. The van der Waals surface area contributed by atoms with Crippen LogP contribution in [0, 0.1) is 6.92 Å². The quantitative estimate of drug-likeness (QED) is 0.841. The van der Waals surface area contributed by atoms with Crippen molar-refractivity contribution in [3.05, 3.63) is 49.9 Å². The zero-order chi connectivity index (χ0) is 13.0. The minimum atomic E-state index is 0.676. The Morgan fingerprint density at radius 3 is 2.83 bits per heavy atom. The molecule has 0 aliphatic rings. The maximum Gasteiger partial charge on any atom is 0.107 e. The van der Waals surface area contributed by atoms with Crippen molar-refractivity contribution in [1.29, 1.82) is 0 Å². The summed E-state index contributed by atoms with van der Waals surface area (Å²) in [6, 6.07) is 5.62. The van der Waals surface area contributed by atoms with E-state index in [0.717, 1.165) is 40.8 Å². The van der Waals surface area contributed by atoms with Crippen molar-refractivity contribution >= 4 is 34.5 Å². The monoisotopic (exact) mass is 300 g/mol. The molecule has 0 atom stereocenters. The molecule has 0 amide bonds. The van der Waals surface area contributed by atoms with Crippen LogP contribution in [0.15, 0.2) is 23.6 Å². The lowest BCUT2D eigenvalue weighted by Crippen LogP contribution is -2.16. The maximum atomic E-state index is 6.11. The van der Waals surface area contributed by atoms with Crippen LogP contribution in [0.1, 0.15) is 16.3 Å². The highest BCUT2D eigenvalue weighted by Crippen LogP contribution is 2.21. The minimum absolute atomic E-state index is 0.676. The van der Waals surface area contributed by atoms with Crippen LogP contribution in [0.5, 0.6) is 0 Å². The number of nitrogens with zero attached hydrogens (tertiary/aromatic N) is 1. The average Bonchev–Trinajstić information content (AvgIpc) is 2.73. The zero-order valence-electron chi connectivity index (χ0n) is 10.0. The lowest BCUT2D eigenvalue weighted by molar-refractivity contribution is 0.683. The second kappa shape index (κ2) is 6.53. The summed E-state index contributed by atoms with van der Waals surface area (Å²) >= 11 is 13.6. The third-order valence-corrected chi connectivity index (χ3v) is 4.08. The molecule has 0 saturated carbocycles. The number of benzene rings is 1. The molecule has 0 radical (unpaired) electrons. The van der Waals surface area contributed by atoms with Gasteiger partial charge in [-0.1, -0.05) is 29.3 Å². The second-order valence-electron chi connectivity index (χ2n) is 4.05. The highest BCUT2D eigenvalue weighted by molar-refractivity contribution is 7.09. The summed E-state index contributed by atoms with van der Waals surface area (Å²) in [6.45, 7) is 3.69. The Morgan fingerprint density at radius 1 is 1.33 bits per heavy atom. The lowest BCUT2D eigenvalue weighted by Gasteiger charge is -2.05. The van der Waals surface area contributed by atoms with Gasteiger partial charge in [0, 0.05) is 27.7 Å². The summed E-state index contributed by atoms with van der Waals surface area (Å²) in [6.07, 6.45) is 0.889. The molecule has 2 nitrogen and oxygen atoms in total. The number of hydrogen-bond donors (Lipinski definition) is 1. The Hall–Kier alpha value is -0.610. The van der Waals surface area contributed by atoms with E-state index in [1.54, 1.807) is 17.4 Å². The zero-order valence-corrected chi connectivity index (χ0v) is 12.4. The van der Waals surface area contributed by atoms with Crippen LogP contribution in [0.4, 0.5) is 0 Å². The van der Waals surface area contributed by atoms with Crippen molar-refractivity contribution in [2.45, 2.75) is 19.9 Å². The molecule has 1 heterocycles. The first-order valence-electron chi connectivity index (χ1n) is 5.71. The van der Waals surface area contributed by atoms with Crippen molar-refractivity contribution in [3.8, 4) is 0 Å². The van der Waals surface area contributed by atoms with E-state index in [-0.39, 0.29) is 0 Å². The molecule has 5 heteroatoms. The fourth-order valence-corrected chi connectivity index (χ4v) is 2.87. The average molecular weight is 301 g/mol. The van der Waals surface area contributed by atoms with Gasteiger partial charge < -0.3 is 5.32 Å². The number of aryl methyl sites for hydroxylation is 1. The Labute approximate surface area is 121 Å². The largest absolute Gasteiger partial charge is 0.310 e. The number of nitrogens with one attached hydrogen (secondary N) is 1. The molecular formula is C13H14Cl2N2S. The Bertz CT molecular complexity index is 525. The van der Waals surface area contributed by atoms with Crippen LogP contribution in [0.3, 0.4) is 0 Å². The van der Waals surface area contributed by atoms with E-state index in [9.17, 15) is 0 Å². The Morgan fingerprint density at radius 2 is 2.17 bits per heavy atom. The minimum Gasteiger partial charge on any atom is -0.310 e. The third-order valence-electron chi connectivity index (χ3n) is 2.53. The Kier molecular flexibility index (Phi) is 5.01. The second-order valence-corrected chi connectivity index (χ2v) is 5.83. The van der Waals surface area contributed by atoms with Gasteiger partial charge in [-0.15, -0.1) is 11.3 Å². The highest BCUT2D eigenvalue weighted by Gasteiger charge is 2.02. The molecule has 1 aromatic carbocycles. The first-order chi connectivity index (χ1) is 8.65. The topological polar surface area (TPSA) is 24.9 Å². The van der Waals surface area contributed by atoms with Crippen molar-refractivity contribution in [1.82, 2.24) is 10.3 Å². The van der Waals surface area contributed by atoms with E-state index >= 15 is 0 Å². The summed E-state index contributed by atoms with van der Waals surface area (Å²) in [4.78, 5) is 4.40. The van der Waals surface area contributed by atoms with Gasteiger partial charge in [0.15, 0.2) is 0 Å². The SMILES string of the molecule is Cc1csc(CNCCc2ccc(Cl)cc2Cl)n1. The molecule has 0 bridgehead atoms. The van der Waals surface area contributed by atoms with Gasteiger partial charge in [-0.2, -0.15) is 0 Å². The fraction of sp³-hybridized carbons (Fsp3) is 0.308. The predicted octanol–water partition coefficient (Wildman–Crippen LogP) is 4.09. The van der Waals surface area contributed by atoms with E-state index in [1.807, 2.05) is 19.1 Å². The molecule has 0 aliphatic heterocycles. The molecule has 0 fully saturated rings. The lowest BCUT2D eigenvalue weighted by atomic mass is 10.1. The maximum absolute atomic E-state index is 6.11. The Balaban J connectivity index is 1.78. The van der Waals surface area contributed by atoms with E-state index in [2.05, 4.69) is 15.7 Å². The number of aromatic nitrogens is 1. The molecule has 0 saturated heterocycles. The third kappa shape index (κ3) is 3.95. The molecule has 1 N–H and O–H groups in total. The summed E-state index contributed by atoms with van der Waals surface area (Å²) in [5.41, 5.74) is 2.20. The van der Waals surface area contributed by atoms with Crippen molar-refractivity contribution in [2.24, 2.45) is 0 Å². The van der Waals surface area contributed by atoms with Crippen molar-refractivity contribution < 1.29 is 0 Å². The van der Waals surface area contributed by atoms with E-state index < -0.39 is 0 Å². The van der Waals surface area contributed by atoms with Crippen molar-refractivity contribution in [2.75, 3.05) is 6.54 Å². The first-order valence-corrected chi connectivity index (χ1v) is 7.34. The van der Waals surface area contributed by atoms with Gasteiger partial charge in [-0.05, 0) is 37.6 Å². The summed E-state index contributed by atoms with van der Waals surface area (Å²) in [7, 11) is 0. The standard InChI is InChI=1S/C13H14Cl2N2S/c1-9-8-18-13(17-9)7-16-5-4-10-2-3-11(14)6-12(10)15/h2-3,6,8,16H,4-5,7H2,1H3. The molecule has 2 aromatic rings. The van der Waals surface area contributed by atoms with Gasteiger partial charge in [-0.25, -0.2) is 4.98 Å². The van der Waals surface area contributed by atoms with Crippen molar-refractivity contribution in [3.63, 3.8) is 0 Å². The summed E-state index contributed by atoms with van der Waals surface area (Å²) in [5.74, 6) is 0. The van der Waals surface area contributed by atoms with Crippen LogP contribution in [-0.2, 0) is 13.0 Å². The number of rotatable bonds is 5. The number of hydrogen-bond acceptors (Lipinski definition) is 3. The van der Waals surface area contributed by atoms with Gasteiger partial charge in [0.05, 0.1) is 0 Å². The van der Waals surface area contributed by atoms with E-state index in [1.165, 1.54) is 0 Å². The normalized spacial score (nSPS) is 10.8. The predicted molar refractivity (Wildman–Crippen MR) is 78.7 cm³/mol. The van der Waals surface area contributed by atoms with Gasteiger partial charge in [0.2, 0.25) is 0 Å². The molecule has 0 aliphatic carbocycles. The molecular weight excluding hydrogens is 287 g/mol. The smallest absolute Gasteiger partial charge is 0.107 e. The molecule has 18 heavy (non-hydrogen) atoms. The molecule has 1 aromatic heterocycles. The van der Waals surface area contributed by atoms with E-state index in [4.69, 9.17) is 23.2 Å². The number of halogens is 2. The van der Waals surface area contributed by atoms with Crippen LogP contribution in [-0.4, -0.2) is 11.5 Å². The van der Waals surface area contributed by atoms with Crippen LogP contribution in [0.2, 0.25) is 10.0 Å². The van der Waals surface area contributed by atoms with E-state index in [0.29, 0.717) is 5.02 Å². The highest BCUT2D eigenvalue weighted by atomic mass is 35.5. The molecule has 2 rings (SSSR count). The number of thiazole rings is 1. The van der Waals surface area contributed by atoms with Gasteiger partial charge in [0.1, 0.15) is 5.01 Å². The molecule has 0 spiro atoms. The van der Waals surface area contributed by atoms with Gasteiger partial charge in [0.25, 0.3) is 0 Å². The molecule has 96 valence electrons. The van der Waals surface area contributed by atoms with Gasteiger partial charge >= 0.3 is 0 Å². The summed E-state index contributed by atoms with van der Waals surface area (Å²) in [5, 5.41) is 7.95.